The molecule has 33 heavy (non-hydrogen) atoms. The molecule has 0 bridgehead atoms. The summed E-state index contributed by atoms with van der Waals surface area (Å²) in [5.74, 6) is -6.04. The van der Waals surface area contributed by atoms with Gasteiger partial charge in [-0.2, -0.15) is 13.2 Å². The van der Waals surface area contributed by atoms with Crippen LogP contribution in [-0.2, 0) is 14.3 Å². The first kappa shape index (κ1) is 22.6. The predicted octanol–water partition coefficient (Wildman–Crippen LogP) is 3.25. The zero-order chi connectivity index (χ0) is 23.8. The van der Waals surface area contributed by atoms with Gasteiger partial charge in [-0.25, -0.2) is 4.79 Å². The number of rotatable bonds is 6. The molecule has 0 radical (unpaired) electrons. The maximum atomic E-state index is 13.4. The van der Waals surface area contributed by atoms with Gasteiger partial charge in [0, 0.05) is 25.6 Å². The van der Waals surface area contributed by atoms with Crippen LogP contribution in [0.15, 0.2) is 48.5 Å². The SMILES string of the molecule is O=C(NCC(C(=O)N1CC(C(=O)O)C1)C(F)(F)F)OCC1c2ccccc2-c2ccccc21. The van der Waals surface area contributed by atoms with E-state index in [1.54, 1.807) is 0 Å². The Labute approximate surface area is 187 Å². The van der Waals surface area contributed by atoms with E-state index in [2.05, 4.69) is 0 Å². The van der Waals surface area contributed by atoms with Crippen molar-refractivity contribution >= 4 is 18.0 Å². The van der Waals surface area contributed by atoms with E-state index in [0.29, 0.717) is 0 Å². The zero-order valence-corrected chi connectivity index (χ0v) is 17.3. The van der Waals surface area contributed by atoms with Crippen molar-refractivity contribution in [3.8, 4) is 11.1 Å². The molecule has 2 amide bonds. The second-order valence-corrected chi connectivity index (χ2v) is 8.08. The first-order chi connectivity index (χ1) is 15.7. The van der Waals surface area contributed by atoms with E-state index in [-0.39, 0.29) is 25.6 Å². The van der Waals surface area contributed by atoms with E-state index < -0.39 is 42.5 Å². The molecule has 0 spiro atoms. The monoisotopic (exact) mass is 462 g/mol. The van der Waals surface area contributed by atoms with Gasteiger partial charge in [-0.1, -0.05) is 48.5 Å². The first-order valence-electron chi connectivity index (χ1n) is 10.3. The summed E-state index contributed by atoms with van der Waals surface area (Å²) in [4.78, 5) is 36.0. The number of halogens is 3. The number of benzene rings is 2. The molecule has 2 aromatic carbocycles. The fourth-order valence-corrected chi connectivity index (χ4v) is 4.21. The summed E-state index contributed by atoms with van der Waals surface area (Å²) in [6.07, 6.45) is -5.96. The van der Waals surface area contributed by atoms with E-state index in [9.17, 15) is 27.6 Å². The van der Waals surface area contributed by atoms with Crippen LogP contribution in [0.5, 0.6) is 0 Å². The Morgan fingerprint density at radius 3 is 2.09 bits per heavy atom. The number of nitrogens with one attached hydrogen (secondary N) is 1. The number of carboxylic acids is 1. The lowest BCUT2D eigenvalue weighted by Crippen LogP contribution is -2.58. The molecule has 1 saturated heterocycles. The van der Waals surface area contributed by atoms with Crippen molar-refractivity contribution in [2.75, 3.05) is 26.2 Å². The van der Waals surface area contributed by atoms with Gasteiger partial charge in [0.05, 0.1) is 5.92 Å². The maximum absolute atomic E-state index is 13.4. The summed E-state index contributed by atoms with van der Waals surface area (Å²) >= 11 is 0. The maximum Gasteiger partial charge on any atom is 0.407 e. The minimum absolute atomic E-state index is 0.0725. The number of aliphatic carboxylic acids is 1. The van der Waals surface area contributed by atoms with E-state index in [1.165, 1.54) is 0 Å². The van der Waals surface area contributed by atoms with Crippen LogP contribution in [0.25, 0.3) is 11.1 Å². The van der Waals surface area contributed by atoms with Crippen LogP contribution in [0.4, 0.5) is 18.0 Å². The number of carbonyl (C=O) groups excluding carboxylic acids is 2. The molecule has 0 aromatic heterocycles. The summed E-state index contributed by atoms with van der Waals surface area (Å²) < 4.78 is 45.4. The van der Waals surface area contributed by atoms with Gasteiger partial charge < -0.3 is 20.1 Å². The van der Waals surface area contributed by atoms with Crippen LogP contribution in [0, 0.1) is 11.8 Å². The Bertz CT molecular complexity index is 1040. The lowest BCUT2D eigenvalue weighted by Gasteiger charge is -2.39. The molecule has 2 aliphatic rings. The average molecular weight is 462 g/mol. The van der Waals surface area contributed by atoms with Gasteiger partial charge in [0.15, 0.2) is 5.92 Å². The molecular formula is C23H21F3N2O5. The van der Waals surface area contributed by atoms with Crippen LogP contribution < -0.4 is 5.32 Å². The van der Waals surface area contributed by atoms with Crippen molar-refractivity contribution in [3.05, 3.63) is 59.7 Å². The zero-order valence-electron chi connectivity index (χ0n) is 17.3. The number of hydrogen-bond donors (Lipinski definition) is 2. The predicted molar refractivity (Wildman–Crippen MR) is 110 cm³/mol. The first-order valence-corrected chi connectivity index (χ1v) is 10.3. The van der Waals surface area contributed by atoms with Crippen LogP contribution in [0.1, 0.15) is 17.0 Å². The van der Waals surface area contributed by atoms with Gasteiger partial charge in [-0.3, -0.25) is 9.59 Å². The molecule has 1 unspecified atom stereocenters. The van der Waals surface area contributed by atoms with Gasteiger partial charge in [-0.15, -0.1) is 0 Å². The smallest absolute Gasteiger partial charge is 0.407 e. The quantitative estimate of drug-likeness (QED) is 0.687. The number of likely N-dealkylation sites (tertiary alicyclic amines) is 1. The van der Waals surface area contributed by atoms with Gasteiger partial charge in [0.1, 0.15) is 6.61 Å². The highest BCUT2D eigenvalue weighted by molar-refractivity contribution is 5.84. The van der Waals surface area contributed by atoms with E-state index in [1.807, 2.05) is 53.8 Å². The number of nitrogens with zero attached hydrogens (tertiary/aromatic N) is 1. The molecule has 1 fully saturated rings. The Morgan fingerprint density at radius 1 is 1.03 bits per heavy atom. The lowest BCUT2D eigenvalue weighted by molar-refractivity contribution is -0.192. The molecule has 1 heterocycles. The second kappa shape index (κ2) is 8.76. The molecular weight excluding hydrogens is 441 g/mol. The number of fused-ring (bicyclic) bond motifs is 3. The summed E-state index contributed by atoms with van der Waals surface area (Å²) in [5, 5.41) is 10.9. The molecule has 10 heteroatoms. The van der Waals surface area contributed by atoms with Gasteiger partial charge in [0.2, 0.25) is 5.91 Å². The molecule has 1 aliphatic heterocycles. The minimum Gasteiger partial charge on any atom is -0.481 e. The highest BCUT2D eigenvalue weighted by Crippen LogP contribution is 2.44. The van der Waals surface area contributed by atoms with Crippen molar-refractivity contribution in [3.63, 3.8) is 0 Å². The molecule has 1 aliphatic carbocycles. The van der Waals surface area contributed by atoms with Gasteiger partial charge in [0.25, 0.3) is 0 Å². The van der Waals surface area contributed by atoms with E-state index in [0.717, 1.165) is 27.2 Å². The second-order valence-electron chi connectivity index (χ2n) is 8.08. The molecule has 0 saturated carbocycles. The molecule has 1 atom stereocenters. The Morgan fingerprint density at radius 2 is 1.58 bits per heavy atom. The van der Waals surface area contributed by atoms with Crippen molar-refractivity contribution in [1.82, 2.24) is 10.2 Å². The third-order valence-corrected chi connectivity index (χ3v) is 6.03. The Balaban J connectivity index is 1.36. The fourth-order valence-electron chi connectivity index (χ4n) is 4.21. The Hall–Kier alpha value is -3.56. The van der Waals surface area contributed by atoms with Crippen LogP contribution in [0.3, 0.4) is 0 Å². The number of ether oxygens (including phenoxy) is 1. The normalized spacial score (nSPS) is 16.4. The standard InChI is InChI=1S/C23H21F3N2O5/c24-23(25,26)19(20(29)28-10-13(11-28)21(30)31)9-27-22(32)33-12-18-16-7-3-1-5-14(16)15-6-2-4-8-17(15)18/h1-8,13,18-19H,9-12H2,(H,27,32)(H,30,31). The third kappa shape index (κ3) is 4.50. The highest BCUT2D eigenvalue weighted by Gasteiger charge is 2.49. The third-order valence-electron chi connectivity index (χ3n) is 6.03. The van der Waals surface area contributed by atoms with Crippen molar-refractivity contribution < 1.29 is 37.4 Å². The molecule has 2 aromatic rings. The molecule has 2 N–H and O–H groups in total. The van der Waals surface area contributed by atoms with Crippen LogP contribution in [0.2, 0.25) is 0 Å². The number of alkyl carbamates (subject to hydrolysis) is 1. The number of alkyl halides is 3. The van der Waals surface area contributed by atoms with E-state index in [4.69, 9.17) is 9.84 Å². The molecule has 4 rings (SSSR count). The summed E-state index contributed by atoms with van der Waals surface area (Å²) in [7, 11) is 0. The number of hydrogen-bond acceptors (Lipinski definition) is 4. The molecule has 174 valence electrons. The average Bonchev–Trinajstić information content (AvgIpc) is 3.04. The van der Waals surface area contributed by atoms with Gasteiger partial charge in [-0.05, 0) is 22.3 Å². The largest absolute Gasteiger partial charge is 0.481 e. The summed E-state index contributed by atoms with van der Waals surface area (Å²) in [5.41, 5.74) is 3.94. The van der Waals surface area contributed by atoms with Crippen LogP contribution >= 0.6 is 0 Å². The minimum atomic E-state index is -4.90. The number of amides is 2. The fraction of sp³-hybridized carbons (Fsp3) is 0.348. The van der Waals surface area contributed by atoms with Crippen molar-refractivity contribution in [1.29, 1.82) is 0 Å². The van der Waals surface area contributed by atoms with Crippen LogP contribution in [-0.4, -0.2) is 60.4 Å². The van der Waals surface area contributed by atoms with Gasteiger partial charge >= 0.3 is 18.2 Å². The Kier molecular flexibility index (Phi) is 6.01. The molecule has 7 nitrogen and oxygen atoms in total. The highest BCUT2D eigenvalue weighted by atomic mass is 19.4. The van der Waals surface area contributed by atoms with E-state index >= 15 is 0 Å². The number of carboxylic acid groups (broad SMARTS) is 1. The summed E-state index contributed by atoms with van der Waals surface area (Å²) in [6, 6.07) is 15.3. The topological polar surface area (TPSA) is 95.9 Å². The summed E-state index contributed by atoms with van der Waals surface area (Å²) in [6.45, 7) is -1.64. The number of carbonyl (C=O) groups is 3. The van der Waals surface area contributed by atoms with Crippen molar-refractivity contribution in [2.45, 2.75) is 12.1 Å². The lowest BCUT2D eigenvalue weighted by atomic mass is 9.97. The van der Waals surface area contributed by atoms with Crippen molar-refractivity contribution in [2.24, 2.45) is 11.8 Å².